The van der Waals surface area contributed by atoms with Crippen LogP contribution in [0.5, 0.6) is 0 Å². The third kappa shape index (κ3) is 5.41. The van der Waals surface area contributed by atoms with Crippen LogP contribution in [0, 0.1) is 0 Å². The van der Waals surface area contributed by atoms with Crippen LogP contribution in [0.2, 0.25) is 10.0 Å². The molecule has 1 amide bonds. The molecule has 1 aliphatic rings. The number of ether oxygens (including phenoxy) is 2. The number of benzene rings is 2. The molecule has 0 unspecified atom stereocenters. The molecule has 154 valence electrons. The van der Waals surface area contributed by atoms with Gasteiger partial charge < -0.3 is 19.7 Å². The molecule has 1 saturated heterocycles. The Morgan fingerprint density at radius 2 is 1.86 bits per heavy atom. The Morgan fingerprint density at radius 1 is 1.10 bits per heavy atom. The second kappa shape index (κ2) is 9.96. The molecular weight excluding hydrogens is 415 g/mol. The molecular formula is C21H22Cl2N2O4. The van der Waals surface area contributed by atoms with E-state index in [1.807, 2.05) is 13.0 Å². The Bertz CT molecular complexity index is 898. The van der Waals surface area contributed by atoms with Crippen LogP contribution in [-0.2, 0) is 9.47 Å². The van der Waals surface area contributed by atoms with E-state index in [9.17, 15) is 9.59 Å². The maximum atomic E-state index is 12.6. The van der Waals surface area contributed by atoms with Crippen LogP contribution in [0.15, 0.2) is 36.4 Å². The lowest BCUT2D eigenvalue weighted by Gasteiger charge is -2.30. The molecule has 29 heavy (non-hydrogen) atoms. The van der Waals surface area contributed by atoms with E-state index in [1.54, 1.807) is 24.3 Å². The monoisotopic (exact) mass is 436 g/mol. The first kappa shape index (κ1) is 21.4. The first-order valence-electron chi connectivity index (χ1n) is 9.40. The van der Waals surface area contributed by atoms with Crippen molar-refractivity contribution in [1.82, 2.24) is 0 Å². The number of carbonyl (C=O) groups is 2. The summed E-state index contributed by atoms with van der Waals surface area (Å²) in [6.07, 6.45) is 0.729. The number of nitrogens with one attached hydrogen (secondary N) is 1. The molecule has 6 nitrogen and oxygen atoms in total. The Kier molecular flexibility index (Phi) is 7.36. The highest BCUT2D eigenvalue weighted by Crippen LogP contribution is 2.27. The number of carbonyl (C=O) groups excluding carboxylic acids is 2. The van der Waals surface area contributed by atoms with Crippen molar-refractivity contribution in [3.05, 3.63) is 57.6 Å². The van der Waals surface area contributed by atoms with Crippen LogP contribution in [0.4, 0.5) is 11.4 Å². The Hall–Kier alpha value is -2.28. The van der Waals surface area contributed by atoms with Crippen molar-refractivity contribution >= 4 is 46.5 Å². The number of hydrogen-bond acceptors (Lipinski definition) is 5. The molecule has 1 fully saturated rings. The molecule has 1 heterocycles. The van der Waals surface area contributed by atoms with Crippen LogP contribution >= 0.6 is 23.2 Å². The zero-order valence-corrected chi connectivity index (χ0v) is 17.6. The highest BCUT2D eigenvalue weighted by Gasteiger charge is 2.21. The fourth-order valence-electron chi connectivity index (χ4n) is 2.97. The fourth-order valence-corrected chi connectivity index (χ4v) is 3.27. The van der Waals surface area contributed by atoms with Crippen molar-refractivity contribution < 1.29 is 19.1 Å². The van der Waals surface area contributed by atoms with Crippen LogP contribution in [0.3, 0.4) is 0 Å². The second-order valence-corrected chi connectivity index (χ2v) is 7.36. The van der Waals surface area contributed by atoms with Crippen molar-refractivity contribution in [3.63, 3.8) is 0 Å². The maximum absolute atomic E-state index is 12.6. The SMILES string of the molecule is CCCOC(=O)c1cc(NC(=O)c2ccc(Cl)c(Cl)c2)ccc1N1CCOCC1. The van der Waals surface area contributed by atoms with Gasteiger partial charge in [0.15, 0.2) is 0 Å². The largest absolute Gasteiger partial charge is 0.462 e. The molecule has 0 radical (unpaired) electrons. The summed E-state index contributed by atoms with van der Waals surface area (Å²) in [4.78, 5) is 27.3. The average molecular weight is 437 g/mol. The number of anilines is 2. The summed E-state index contributed by atoms with van der Waals surface area (Å²) in [7, 11) is 0. The standard InChI is InChI=1S/C21H22Cl2N2O4/c1-2-9-29-21(27)16-13-15(4-6-19(16)25-7-10-28-11-8-25)24-20(26)14-3-5-17(22)18(23)12-14/h3-6,12-13H,2,7-11H2,1H3,(H,24,26). The summed E-state index contributed by atoms with van der Waals surface area (Å²) in [6, 6.07) is 9.86. The van der Waals surface area contributed by atoms with Gasteiger partial charge in [-0.05, 0) is 42.8 Å². The van der Waals surface area contributed by atoms with E-state index in [2.05, 4.69) is 10.2 Å². The molecule has 0 bridgehead atoms. The zero-order valence-electron chi connectivity index (χ0n) is 16.0. The molecule has 0 aliphatic carbocycles. The van der Waals surface area contributed by atoms with E-state index >= 15 is 0 Å². The van der Waals surface area contributed by atoms with Gasteiger partial charge in [0.2, 0.25) is 0 Å². The molecule has 2 aromatic carbocycles. The Labute approximate surface area is 179 Å². The van der Waals surface area contributed by atoms with Gasteiger partial charge in [-0.25, -0.2) is 4.79 Å². The van der Waals surface area contributed by atoms with Crippen LogP contribution < -0.4 is 10.2 Å². The Balaban J connectivity index is 1.85. The smallest absolute Gasteiger partial charge is 0.340 e. The number of nitrogens with zero attached hydrogens (tertiary/aromatic N) is 1. The summed E-state index contributed by atoms with van der Waals surface area (Å²) in [5.41, 5.74) is 2.03. The minimum atomic E-state index is -0.418. The molecule has 1 aliphatic heterocycles. The highest BCUT2D eigenvalue weighted by atomic mass is 35.5. The van der Waals surface area contributed by atoms with E-state index in [-0.39, 0.29) is 5.91 Å². The normalized spacial score (nSPS) is 13.8. The number of esters is 1. The molecule has 3 rings (SSSR count). The van der Waals surface area contributed by atoms with Crippen molar-refractivity contribution in [2.45, 2.75) is 13.3 Å². The lowest BCUT2D eigenvalue weighted by molar-refractivity contribution is 0.0504. The van der Waals surface area contributed by atoms with Gasteiger partial charge in [-0.15, -0.1) is 0 Å². The molecule has 0 saturated carbocycles. The number of rotatable bonds is 6. The van der Waals surface area contributed by atoms with Crippen molar-refractivity contribution in [1.29, 1.82) is 0 Å². The molecule has 0 spiro atoms. The van der Waals surface area contributed by atoms with Gasteiger partial charge in [-0.2, -0.15) is 0 Å². The molecule has 2 aromatic rings. The maximum Gasteiger partial charge on any atom is 0.340 e. The van der Waals surface area contributed by atoms with Crippen molar-refractivity contribution in [3.8, 4) is 0 Å². The van der Waals surface area contributed by atoms with E-state index in [0.29, 0.717) is 59.8 Å². The zero-order chi connectivity index (χ0) is 20.8. The Morgan fingerprint density at radius 3 is 2.55 bits per heavy atom. The molecule has 0 atom stereocenters. The molecule has 8 heteroatoms. The van der Waals surface area contributed by atoms with E-state index in [0.717, 1.165) is 12.1 Å². The minimum Gasteiger partial charge on any atom is -0.462 e. The van der Waals surface area contributed by atoms with Crippen LogP contribution in [-0.4, -0.2) is 44.8 Å². The predicted molar refractivity (Wildman–Crippen MR) is 114 cm³/mol. The van der Waals surface area contributed by atoms with Crippen molar-refractivity contribution in [2.75, 3.05) is 43.1 Å². The lowest BCUT2D eigenvalue weighted by atomic mass is 10.1. The summed E-state index contributed by atoms with van der Waals surface area (Å²) >= 11 is 11.9. The molecule has 1 N–H and O–H groups in total. The van der Waals surface area contributed by atoms with E-state index in [1.165, 1.54) is 6.07 Å². The first-order chi connectivity index (χ1) is 14.0. The fraction of sp³-hybridized carbons (Fsp3) is 0.333. The molecule has 0 aromatic heterocycles. The van der Waals surface area contributed by atoms with E-state index < -0.39 is 5.97 Å². The number of hydrogen-bond donors (Lipinski definition) is 1. The highest BCUT2D eigenvalue weighted by molar-refractivity contribution is 6.42. The third-order valence-corrected chi connectivity index (χ3v) is 5.18. The van der Waals surface area contributed by atoms with Gasteiger partial charge in [0, 0.05) is 24.3 Å². The van der Waals surface area contributed by atoms with Gasteiger partial charge >= 0.3 is 5.97 Å². The minimum absolute atomic E-state index is 0.297. The first-order valence-corrected chi connectivity index (χ1v) is 10.2. The van der Waals surface area contributed by atoms with Gasteiger partial charge in [0.05, 0.1) is 41.1 Å². The van der Waals surface area contributed by atoms with E-state index in [4.69, 9.17) is 32.7 Å². The number of halogens is 2. The van der Waals surface area contributed by atoms with Gasteiger partial charge in [-0.1, -0.05) is 30.1 Å². The van der Waals surface area contributed by atoms with Crippen LogP contribution in [0.25, 0.3) is 0 Å². The quantitative estimate of drug-likeness (QED) is 0.667. The topological polar surface area (TPSA) is 67.9 Å². The summed E-state index contributed by atoms with van der Waals surface area (Å²) in [5.74, 6) is -0.769. The third-order valence-electron chi connectivity index (χ3n) is 4.45. The van der Waals surface area contributed by atoms with Crippen LogP contribution in [0.1, 0.15) is 34.1 Å². The lowest BCUT2D eigenvalue weighted by Crippen LogP contribution is -2.37. The van der Waals surface area contributed by atoms with Gasteiger partial charge in [0.1, 0.15) is 0 Å². The predicted octanol–water partition coefficient (Wildman–Crippen LogP) is 4.65. The average Bonchev–Trinajstić information content (AvgIpc) is 2.74. The summed E-state index contributed by atoms with van der Waals surface area (Å²) in [6.45, 7) is 4.83. The number of amides is 1. The van der Waals surface area contributed by atoms with Gasteiger partial charge in [0.25, 0.3) is 5.91 Å². The van der Waals surface area contributed by atoms with Gasteiger partial charge in [-0.3, -0.25) is 4.79 Å². The summed E-state index contributed by atoms with van der Waals surface area (Å²) < 4.78 is 10.7. The second-order valence-electron chi connectivity index (χ2n) is 6.55. The van der Waals surface area contributed by atoms with Crippen molar-refractivity contribution in [2.24, 2.45) is 0 Å². The summed E-state index contributed by atoms with van der Waals surface area (Å²) in [5, 5.41) is 3.47. The number of morpholine rings is 1.